The number of halogens is 1. The van der Waals surface area contributed by atoms with Crippen molar-refractivity contribution >= 4 is 0 Å². The average molecular weight is 269 g/mol. The molecule has 2 aromatic carbocycles. The van der Waals surface area contributed by atoms with Crippen LogP contribution in [-0.4, -0.2) is 0 Å². The molecule has 20 heavy (non-hydrogen) atoms. The highest BCUT2D eigenvalue weighted by Crippen LogP contribution is 2.26. The summed E-state index contributed by atoms with van der Waals surface area (Å²) in [6.07, 6.45) is 4.47. The molecule has 0 saturated carbocycles. The molecular weight excluding hydrogens is 249 g/mol. The largest absolute Gasteiger partial charge is 0.324 e. The molecule has 0 amide bonds. The molecule has 0 saturated heterocycles. The minimum atomic E-state index is -0.198. The van der Waals surface area contributed by atoms with Crippen LogP contribution in [0.2, 0.25) is 0 Å². The summed E-state index contributed by atoms with van der Waals surface area (Å²) in [4.78, 5) is 0. The summed E-state index contributed by atoms with van der Waals surface area (Å²) in [6.45, 7) is 1.92. The normalized spacial score (nSPS) is 15.2. The standard InChI is InChI=1S/C18H20FN/c1-12-9-16(19)7-8-17(12)18(20)11-13-5-6-14-3-2-4-15(14)10-13/h5-10,18H,2-4,11,20H2,1H3. The van der Waals surface area contributed by atoms with Gasteiger partial charge in [-0.15, -0.1) is 0 Å². The summed E-state index contributed by atoms with van der Waals surface area (Å²) in [6, 6.07) is 11.5. The first kappa shape index (κ1) is 13.3. The van der Waals surface area contributed by atoms with Gasteiger partial charge < -0.3 is 5.73 Å². The lowest BCUT2D eigenvalue weighted by molar-refractivity contribution is 0.622. The monoisotopic (exact) mass is 269 g/mol. The van der Waals surface area contributed by atoms with Crippen molar-refractivity contribution in [2.75, 3.05) is 0 Å². The Morgan fingerprint density at radius 2 is 1.90 bits per heavy atom. The predicted molar refractivity (Wildman–Crippen MR) is 80.2 cm³/mol. The van der Waals surface area contributed by atoms with E-state index in [1.165, 1.54) is 42.0 Å². The number of hydrogen-bond donors (Lipinski definition) is 1. The zero-order valence-corrected chi connectivity index (χ0v) is 11.8. The molecule has 0 aromatic heterocycles. The van der Waals surface area contributed by atoms with Crippen molar-refractivity contribution in [3.8, 4) is 0 Å². The number of rotatable bonds is 3. The number of aryl methyl sites for hydroxylation is 3. The third-order valence-electron chi connectivity index (χ3n) is 4.25. The van der Waals surface area contributed by atoms with Crippen LogP contribution >= 0.6 is 0 Å². The van der Waals surface area contributed by atoms with E-state index in [-0.39, 0.29) is 11.9 Å². The van der Waals surface area contributed by atoms with Gasteiger partial charge in [-0.25, -0.2) is 4.39 Å². The van der Waals surface area contributed by atoms with Crippen molar-refractivity contribution in [1.29, 1.82) is 0 Å². The molecule has 0 fully saturated rings. The van der Waals surface area contributed by atoms with Crippen LogP contribution in [0.15, 0.2) is 36.4 Å². The molecule has 0 radical (unpaired) electrons. The van der Waals surface area contributed by atoms with Crippen molar-refractivity contribution in [2.45, 2.75) is 38.6 Å². The van der Waals surface area contributed by atoms with E-state index < -0.39 is 0 Å². The quantitative estimate of drug-likeness (QED) is 0.899. The maximum Gasteiger partial charge on any atom is 0.123 e. The van der Waals surface area contributed by atoms with Crippen LogP contribution in [0.4, 0.5) is 4.39 Å². The van der Waals surface area contributed by atoms with E-state index in [2.05, 4.69) is 18.2 Å². The van der Waals surface area contributed by atoms with Gasteiger partial charge in [0.1, 0.15) is 5.82 Å². The first-order valence-corrected chi connectivity index (χ1v) is 7.26. The molecule has 1 aliphatic rings. The predicted octanol–water partition coefficient (Wildman–Crippen LogP) is 3.87. The highest BCUT2D eigenvalue weighted by atomic mass is 19.1. The molecule has 1 unspecified atom stereocenters. The fourth-order valence-corrected chi connectivity index (χ4v) is 3.17. The van der Waals surface area contributed by atoms with Gasteiger partial charge in [-0.05, 0) is 72.6 Å². The van der Waals surface area contributed by atoms with E-state index in [0.717, 1.165) is 17.5 Å². The second kappa shape index (κ2) is 5.37. The van der Waals surface area contributed by atoms with Gasteiger partial charge in [0.05, 0.1) is 0 Å². The molecule has 0 aliphatic heterocycles. The molecule has 1 aliphatic carbocycles. The number of benzene rings is 2. The maximum atomic E-state index is 13.1. The second-order valence-corrected chi connectivity index (χ2v) is 5.77. The lowest BCUT2D eigenvalue weighted by Gasteiger charge is -2.15. The summed E-state index contributed by atoms with van der Waals surface area (Å²) in [5, 5.41) is 0. The zero-order chi connectivity index (χ0) is 14.1. The van der Waals surface area contributed by atoms with Crippen LogP contribution in [0, 0.1) is 12.7 Å². The van der Waals surface area contributed by atoms with Gasteiger partial charge in [0, 0.05) is 6.04 Å². The Morgan fingerprint density at radius 3 is 2.70 bits per heavy atom. The second-order valence-electron chi connectivity index (χ2n) is 5.77. The number of fused-ring (bicyclic) bond motifs is 1. The summed E-state index contributed by atoms with van der Waals surface area (Å²) in [5.74, 6) is -0.198. The number of nitrogens with two attached hydrogens (primary N) is 1. The zero-order valence-electron chi connectivity index (χ0n) is 11.8. The average Bonchev–Trinajstić information content (AvgIpc) is 2.85. The van der Waals surface area contributed by atoms with E-state index in [1.807, 2.05) is 13.0 Å². The summed E-state index contributed by atoms with van der Waals surface area (Å²) in [7, 11) is 0. The maximum absolute atomic E-state index is 13.1. The fraction of sp³-hybridized carbons (Fsp3) is 0.333. The molecular formula is C18H20FN. The van der Waals surface area contributed by atoms with E-state index in [1.54, 1.807) is 6.07 Å². The molecule has 1 atom stereocenters. The Bertz CT molecular complexity index is 633. The van der Waals surface area contributed by atoms with Gasteiger partial charge in [-0.3, -0.25) is 0 Å². The minimum Gasteiger partial charge on any atom is -0.324 e. The Hall–Kier alpha value is -1.67. The molecule has 1 nitrogen and oxygen atoms in total. The third kappa shape index (κ3) is 2.61. The van der Waals surface area contributed by atoms with Gasteiger partial charge in [0.25, 0.3) is 0 Å². The van der Waals surface area contributed by atoms with Crippen molar-refractivity contribution in [3.63, 3.8) is 0 Å². The molecule has 2 aromatic rings. The molecule has 104 valence electrons. The van der Waals surface area contributed by atoms with Crippen LogP contribution < -0.4 is 5.73 Å². The molecule has 3 rings (SSSR count). The van der Waals surface area contributed by atoms with Crippen LogP contribution in [0.5, 0.6) is 0 Å². The first-order chi connectivity index (χ1) is 9.63. The van der Waals surface area contributed by atoms with E-state index in [9.17, 15) is 4.39 Å². The molecule has 2 N–H and O–H groups in total. The molecule has 0 bridgehead atoms. The molecule has 0 spiro atoms. The van der Waals surface area contributed by atoms with E-state index in [4.69, 9.17) is 5.73 Å². The fourth-order valence-electron chi connectivity index (χ4n) is 3.17. The van der Waals surface area contributed by atoms with Gasteiger partial charge in [-0.1, -0.05) is 24.3 Å². The highest BCUT2D eigenvalue weighted by Gasteiger charge is 2.14. The summed E-state index contributed by atoms with van der Waals surface area (Å²) >= 11 is 0. The third-order valence-corrected chi connectivity index (χ3v) is 4.25. The van der Waals surface area contributed by atoms with E-state index >= 15 is 0 Å². The SMILES string of the molecule is Cc1cc(F)ccc1C(N)Cc1ccc2c(c1)CCC2. The van der Waals surface area contributed by atoms with Gasteiger partial charge >= 0.3 is 0 Å². The van der Waals surface area contributed by atoms with Gasteiger partial charge in [0.15, 0.2) is 0 Å². The molecule has 0 heterocycles. The number of hydrogen-bond acceptors (Lipinski definition) is 1. The lowest BCUT2D eigenvalue weighted by atomic mass is 9.94. The Morgan fingerprint density at radius 1 is 1.10 bits per heavy atom. The van der Waals surface area contributed by atoms with Crippen molar-refractivity contribution in [2.24, 2.45) is 5.73 Å². The minimum absolute atomic E-state index is 0.0740. The smallest absolute Gasteiger partial charge is 0.123 e. The van der Waals surface area contributed by atoms with Crippen molar-refractivity contribution < 1.29 is 4.39 Å². The molecule has 2 heteroatoms. The van der Waals surface area contributed by atoms with E-state index in [0.29, 0.717) is 0 Å². The summed E-state index contributed by atoms with van der Waals surface area (Å²) in [5.41, 5.74) is 12.5. The van der Waals surface area contributed by atoms with Crippen LogP contribution in [0.1, 0.15) is 40.3 Å². The van der Waals surface area contributed by atoms with Crippen molar-refractivity contribution in [1.82, 2.24) is 0 Å². The Labute approximate surface area is 119 Å². The Kier molecular flexibility index (Phi) is 3.58. The topological polar surface area (TPSA) is 26.0 Å². The first-order valence-electron chi connectivity index (χ1n) is 7.26. The van der Waals surface area contributed by atoms with Crippen LogP contribution in [0.3, 0.4) is 0 Å². The van der Waals surface area contributed by atoms with Crippen molar-refractivity contribution in [3.05, 3.63) is 70.0 Å². The lowest BCUT2D eigenvalue weighted by Crippen LogP contribution is -2.15. The van der Waals surface area contributed by atoms with Gasteiger partial charge in [-0.2, -0.15) is 0 Å². The highest BCUT2D eigenvalue weighted by molar-refractivity contribution is 5.37. The van der Waals surface area contributed by atoms with Crippen LogP contribution in [-0.2, 0) is 19.3 Å². The summed E-state index contributed by atoms with van der Waals surface area (Å²) < 4.78 is 13.1. The van der Waals surface area contributed by atoms with Crippen LogP contribution in [0.25, 0.3) is 0 Å². The van der Waals surface area contributed by atoms with Gasteiger partial charge in [0.2, 0.25) is 0 Å². The Balaban J connectivity index is 1.80.